The molecule has 6 nitrogen and oxygen atoms in total. The Morgan fingerprint density at radius 2 is 2.00 bits per heavy atom. The maximum atomic E-state index is 14.0. The topological polar surface area (TPSA) is 67.1 Å². The summed E-state index contributed by atoms with van der Waals surface area (Å²) in [6.45, 7) is 1.08. The van der Waals surface area contributed by atoms with Crippen LogP contribution < -0.4 is 10.6 Å². The molecule has 1 fully saturated rings. The number of piperidine rings is 1. The molecule has 1 aromatic carbocycles. The Bertz CT molecular complexity index is 901. The largest absolute Gasteiger partial charge is 0.347 e. The number of anilines is 1. The van der Waals surface area contributed by atoms with Crippen LogP contribution in [-0.4, -0.2) is 44.9 Å². The molecule has 26 heavy (non-hydrogen) atoms. The molecule has 0 amide bonds. The standard InChI is InChI=1S/C16H15Cl2FN6.ClH/c17-10-3-1-9(2-4-10)15-23-14(18)13-8-21-16(24-25(13)15)22-12-5-6-20-7-11(12)19;/h1-4,8,11-12,20H,5-7H2,(H,22,24);1H/t11-,12-;/m1./s1. The molecule has 1 saturated heterocycles. The zero-order chi connectivity index (χ0) is 17.4. The van der Waals surface area contributed by atoms with Gasteiger partial charge < -0.3 is 10.6 Å². The Labute approximate surface area is 165 Å². The molecule has 0 unspecified atom stereocenters. The number of imidazole rings is 1. The Morgan fingerprint density at radius 3 is 2.73 bits per heavy atom. The smallest absolute Gasteiger partial charge is 0.241 e. The number of aromatic nitrogens is 4. The molecular formula is C16H16Cl3FN6. The minimum Gasteiger partial charge on any atom is -0.347 e. The Balaban J connectivity index is 0.00000196. The molecule has 138 valence electrons. The van der Waals surface area contributed by atoms with Crippen LogP contribution in [0, 0.1) is 0 Å². The second-order valence-corrected chi connectivity index (χ2v) is 6.67. The van der Waals surface area contributed by atoms with Crippen LogP contribution >= 0.6 is 35.6 Å². The average Bonchev–Trinajstić information content (AvgIpc) is 2.94. The van der Waals surface area contributed by atoms with Crippen molar-refractivity contribution in [3.8, 4) is 11.4 Å². The van der Waals surface area contributed by atoms with Crippen LogP contribution in [0.1, 0.15) is 6.42 Å². The fourth-order valence-electron chi connectivity index (χ4n) is 2.85. The third kappa shape index (κ3) is 3.71. The van der Waals surface area contributed by atoms with Gasteiger partial charge in [-0.05, 0) is 37.2 Å². The van der Waals surface area contributed by atoms with Crippen LogP contribution in [0.4, 0.5) is 10.3 Å². The number of benzene rings is 1. The van der Waals surface area contributed by atoms with E-state index in [1.54, 1.807) is 22.8 Å². The lowest BCUT2D eigenvalue weighted by atomic mass is 10.1. The SMILES string of the molecule is Cl.F[C@@H]1CNCC[C@H]1Nc1ncc2c(Cl)nc(-c3ccc(Cl)cc3)n2n1. The third-order valence-corrected chi connectivity index (χ3v) is 4.70. The van der Waals surface area contributed by atoms with Crippen molar-refractivity contribution in [2.75, 3.05) is 18.4 Å². The number of alkyl halides is 1. The van der Waals surface area contributed by atoms with Gasteiger partial charge in [0.05, 0.1) is 12.2 Å². The van der Waals surface area contributed by atoms with E-state index in [0.29, 0.717) is 40.4 Å². The fourth-order valence-corrected chi connectivity index (χ4v) is 3.19. The van der Waals surface area contributed by atoms with Crippen molar-refractivity contribution in [2.45, 2.75) is 18.6 Å². The van der Waals surface area contributed by atoms with Crippen LogP contribution in [0.2, 0.25) is 10.2 Å². The predicted octanol–water partition coefficient (Wildman–Crippen LogP) is 3.63. The van der Waals surface area contributed by atoms with Gasteiger partial charge in [0.2, 0.25) is 5.95 Å². The number of nitrogens with one attached hydrogen (secondary N) is 2. The number of rotatable bonds is 3. The van der Waals surface area contributed by atoms with Crippen LogP contribution in [-0.2, 0) is 0 Å². The molecule has 0 saturated carbocycles. The van der Waals surface area contributed by atoms with E-state index in [9.17, 15) is 4.39 Å². The van der Waals surface area contributed by atoms with E-state index >= 15 is 0 Å². The van der Waals surface area contributed by atoms with Gasteiger partial charge in [-0.25, -0.2) is 18.9 Å². The van der Waals surface area contributed by atoms with Gasteiger partial charge in [0, 0.05) is 17.1 Å². The molecule has 0 spiro atoms. The summed E-state index contributed by atoms with van der Waals surface area (Å²) in [5.74, 6) is 0.913. The summed E-state index contributed by atoms with van der Waals surface area (Å²) in [4.78, 5) is 8.61. The predicted molar refractivity (Wildman–Crippen MR) is 103 cm³/mol. The Kier molecular flexibility index (Phi) is 5.82. The number of hydrogen-bond acceptors (Lipinski definition) is 5. The van der Waals surface area contributed by atoms with Crippen LogP contribution in [0.25, 0.3) is 16.9 Å². The van der Waals surface area contributed by atoms with Crippen molar-refractivity contribution in [3.63, 3.8) is 0 Å². The van der Waals surface area contributed by atoms with Gasteiger partial charge in [-0.2, -0.15) is 0 Å². The second kappa shape index (κ2) is 7.92. The molecule has 3 heterocycles. The second-order valence-electron chi connectivity index (χ2n) is 5.87. The van der Waals surface area contributed by atoms with Crippen molar-refractivity contribution in [1.82, 2.24) is 24.9 Å². The Morgan fingerprint density at radius 1 is 1.23 bits per heavy atom. The van der Waals surface area contributed by atoms with E-state index in [2.05, 4.69) is 25.7 Å². The summed E-state index contributed by atoms with van der Waals surface area (Å²) in [6, 6.07) is 6.90. The molecule has 10 heteroatoms. The van der Waals surface area contributed by atoms with Crippen LogP contribution in [0.15, 0.2) is 30.5 Å². The highest BCUT2D eigenvalue weighted by Gasteiger charge is 2.25. The summed E-state index contributed by atoms with van der Waals surface area (Å²) >= 11 is 12.1. The highest BCUT2D eigenvalue weighted by atomic mass is 35.5. The van der Waals surface area contributed by atoms with Gasteiger partial charge in [0.15, 0.2) is 11.0 Å². The molecule has 3 aromatic rings. The van der Waals surface area contributed by atoms with E-state index in [0.717, 1.165) is 12.1 Å². The molecule has 0 bridgehead atoms. The van der Waals surface area contributed by atoms with E-state index in [1.807, 2.05) is 12.1 Å². The number of halogens is 4. The minimum absolute atomic E-state index is 0. The van der Waals surface area contributed by atoms with Crippen molar-refractivity contribution in [1.29, 1.82) is 0 Å². The van der Waals surface area contributed by atoms with Crippen LogP contribution in [0.5, 0.6) is 0 Å². The Hall–Kier alpha value is -1.67. The summed E-state index contributed by atoms with van der Waals surface area (Å²) in [5, 5.41) is 11.5. The molecule has 4 rings (SSSR count). The molecule has 0 radical (unpaired) electrons. The van der Waals surface area contributed by atoms with E-state index < -0.39 is 6.17 Å². The number of hydrogen-bond donors (Lipinski definition) is 2. The third-order valence-electron chi connectivity index (χ3n) is 4.17. The monoisotopic (exact) mass is 416 g/mol. The zero-order valence-electron chi connectivity index (χ0n) is 13.5. The van der Waals surface area contributed by atoms with E-state index in [1.165, 1.54) is 0 Å². The van der Waals surface area contributed by atoms with Gasteiger partial charge in [0.1, 0.15) is 11.7 Å². The van der Waals surface area contributed by atoms with Crippen molar-refractivity contribution >= 4 is 47.1 Å². The first-order valence-corrected chi connectivity index (χ1v) is 8.66. The zero-order valence-corrected chi connectivity index (χ0v) is 15.8. The quantitative estimate of drug-likeness (QED) is 0.681. The van der Waals surface area contributed by atoms with Crippen molar-refractivity contribution in [2.24, 2.45) is 0 Å². The molecule has 2 aromatic heterocycles. The van der Waals surface area contributed by atoms with E-state index in [4.69, 9.17) is 23.2 Å². The van der Waals surface area contributed by atoms with Gasteiger partial charge >= 0.3 is 0 Å². The summed E-state index contributed by atoms with van der Waals surface area (Å²) in [5.41, 5.74) is 1.40. The van der Waals surface area contributed by atoms with Gasteiger partial charge in [0.25, 0.3) is 0 Å². The van der Waals surface area contributed by atoms with E-state index in [-0.39, 0.29) is 18.4 Å². The first-order valence-electron chi connectivity index (χ1n) is 7.90. The highest BCUT2D eigenvalue weighted by Crippen LogP contribution is 2.26. The number of nitrogens with zero attached hydrogens (tertiary/aromatic N) is 4. The summed E-state index contributed by atoms with van der Waals surface area (Å²) in [6.07, 6.45) is 1.26. The van der Waals surface area contributed by atoms with Gasteiger partial charge in [-0.3, -0.25) is 0 Å². The lowest BCUT2D eigenvalue weighted by Gasteiger charge is -2.27. The van der Waals surface area contributed by atoms with Crippen molar-refractivity contribution < 1.29 is 4.39 Å². The first kappa shape index (κ1) is 19.1. The minimum atomic E-state index is -0.991. The average molecular weight is 418 g/mol. The lowest BCUT2D eigenvalue weighted by molar-refractivity contribution is 0.244. The first-order chi connectivity index (χ1) is 12.1. The lowest BCUT2D eigenvalue weighted by Crippen LogP contribution is -2.45. The van der Waals surface area contributed by atoms with Gasteiger partial charge in [-0.15, -0.1) is 17.5 Å². The highest BCUT2D eigenvalue weighted by molar-refractivity contribution is 6.33. The summed E-state index contributed by atoms with van der Waals surface area (Å²) < 4.78 is 15.6. The molecule has 2 N–H and O–H groups in total. The summed E-state index contributed by atoms with van der Waals surface area (Å²) in [7, 11) is 0. The maximum Gasteiger partial charge on any atom is 0.241 e. The molecule has 1 aliphatic rings. The van der Waals surface area contributed by atoms with Crippen LogP contribution in [0.3, 0.4) is 0 Å². The normalized spacial score (nSPS) is 20.0. The molecule has 1 aliphatic heterocycles. The van der Waals surface area contributed by atoms with Gasteiger partial charge in [-0.1, -0.05) is 23.2 Å². The maximum absolute atomic E-state index is 14.0. The molecular weight excluding hydrogens is 402 g/mol. The molecule has 2 atom stereocenters. The molecule has 0 aliphatic carbocycles. The number of fused-ring (bicyclic) bond motifs is 1. The fraction of sp³-hybridized carbons (Fsp3) is 0.312. The van der Waals surface area contributed by atoms with Crippen molar-refractivity contribution in [3.05, 3.63) is 40.6 Å².